The topological polar surface area (TPSA) is 116 Å². The van der Waals surface area contributed by atoms with Crippen molar-refractivity contribution in [1.82, 2.24) is 15.1 Å². The van der Waals surface area contributed by atoms with E-state index in [1.165, 1.54) is 12.3 Å². The lowest BCUT2D eigenvalue weighted by Gasteiger charge is -2.15. The fourth-order valence-electron chi connectivity index (χ4n) is 2.66. The number of anilines is 1. The first kappa shape index (κ1) is 17.5. The minimum absolute atomic E-state index is 0.0129. The molecule has 0 saturated heterocycles. The van der Waals surface area contributed by atoms with Gasteiger partial charge in [0.2, 0.25) is 5.91 Å². The lowest BCUT2D eigenvalue weighted by Crippen LogP contribution is -2.37. The van der Waals surface area contributed by atoms with Crippen LogP contribution in [0.5, 0.6) is 0 Å². The average molecular weight is 356 g/mol. The maximum Gasteiger partial charge on any atom is 0.290 e. The molecular formula is C18H20N4O4. The summed E-state index contributed by atoms with van der Waals surface area (Å²) in [6.45, 7) is 5.43. The van der Waals surface area contributed by atoms with Crippen LogP contribution in [-0.4, -0.2) is 15.7 Å². The van der Waals surface area contributed by atoms with Crippen molar-refractivity contribution in [3.05, 3.63) is 58.2 Å². The molecule has 0 radical (unpaired) electrons. The van der Waals surface area contributed by atoms with Gasteiger partial charge in [-0.05, 0) is 45.0 Å². The minimum atomic E-state index is -0.840. The van der Waals surface area contributed by atoms with E-state index in [-0.39, 0.29) is 18.1 Å². The third-order valence-corrected chi connectivity index (χ3v) is 4.04. The summed E-state index contributed by atoms with van der Waals surface area (Å²) in [7, 11) is 0. The highest BCUT2D eigenvalue weighted by molar-refractivity contribution is 5.79. The molecule has 0 aromatic carbocycles. The van der Waals surface area contributed by atoms with Gasteiger partial charge in [0.25, 0.3) is 5.56 Å². The van der Waals surface area contributed by atoms with E-state index < -0.39 is 11.6 Å². The summed E-state index contributed by atoms with van der Waals surface area (Å²) in [4.78, 5) is 24.8. The summed E-state index contributed by atoms with van der Waals surface area (Å²) in [6, 6.07) is 5.94. The largest absolute Gasteiger partial charge is 0.467 e. The van der Waals surface area contributed by atoms with E-state index in [2.05, 4.69) is 10.4 Å². The first-order chi connectivity index (χ1) is 12.4. The molecule has 0 unspecified atom stereocenters. The van der Waals surface area contributed by atoms with E-state index in [0.717, 1.165) is 16.0 Å². The Bertz CT molecular complexity index is 985. The van der Waals surface area contributed by atoms with Crippen molar-refractivity contribution in [2.45, 2.75) is 33.4 Å². The van der Waals surface area contributed by atoms with Crippen LogP contribution in [0.2, 0.25) is 0 Å². The van der Waals surface area contributed by atoms with Gasteiger partial charge < -0.3 is 19.9 Å². The highest BCUT2D eigenvalue weighted by atomic mass is 16.3. The van der Waals surface area contributed by atoms with E-state index in [9.17, 15) is 9.59 Å². The van der Waals surface area contributed by atoms with E-state index in [1.807, 2.05) is 13.0 Å². The molecule has 0 bridgehead atoms. The summed E-state index contributed by atoms with van der Waals surface area (Å²) in [6.07, 6.45) is 1.52. The number of carbonyl (C=O) groups is 1. The van der Waals surface area contributed by atoms with Gasteiger partial charge in [0.15, 0.2) is 0 Å². The van der Waals surface area contributed by atoms with Gasteiger partial charge in [0.1, 0.15) is 29.0 Å². The summed E-state index contributed by atoms with van der Waals surface area (Å²) in [5.74, 6) is 1.63. The molecule has 0 aliphatic heterocycles. The first-order valence-corrected chi connectivity index (χ1v) is 8.13. The van der Waals surface area contributed by atoms with Crippen LogP contribution in [-0.2, 0) is 11.3 Å². The number of rotatable bonds is 5. The Labute approximate surface area is 149 Å². The Balaban J connectivity index is 1.89. The molecule has 0 fully saturated rings. The van der Waals surface area contributed by atoms with Crippen LogP contribution in [0.3, 0.4) is 0 Å². The van der Waals surface area contributed by atoms with Gasteiger partial charge in [-0.2, -0.15) is 5.10 Å². The minimum Gasteiger partial charge on any atom is -0.467 e. The Hall–Kier alpha value is -3.29. The fraction of sp³-hybridized carbons (Fsp3) is 0.278. The molecule has 8 nitrogen and oxygen atoms in total. The summed E-state index contributed by atoms with van der Waals surface area (Å²) < 4.78 is 11.8. The Morgan fingerprint density at radius 3 is 2.77 bits per heavy atom. The number of hydrogen-bond donors (Lipinski definition) is 2. The average Bonchev–Trinajstić information content (AvgIpc) is 3.23. The molecular weight excluding hydrogens is 336 g/mol. The zero-order valence-corrected chi connectivity index (χ0v) is 14.8. The quantitative estimate of drug-likeness (QED) is 0.724. The van der Waals surface area contributed by atoms with Gasteiger partial charge in [-0.15, -0.1) is 0 Å². The molecule has 3 heterocycles. The SMILES string of the molecule is Cc1cc(-c2cc(N)c(=O)n([C@@H](C)C(=O)NCc3ccco3)n2)c(C)o1. The second-order valence-corrected chi connectivity index (χ2v) is 6.03. The third kappa shape index (κ3) is 3.39. The van der Waals surface area contributed by atoms with Crippen molar-refractivity contribution in [3.8, 4) is 11.3 Å². The number of nitrogens with zero attached hydrogens (tertiary/aromatic N) is 2. The van der Waals surface area contributed by atoms with Crippen LogP contribution in [0, 0.1) is 13.8 Å². The van der Waals surface area contributed by atoms with Crippen molar-refractivity contribution < 1.29 is 13.6 Å². The van der Waals surface area contributed by atoms with Crippen LogP contribution in [0.15, 0.2) is 44.2 Å². The normalized spacial score (nSPS) is 12.1. The highest BCUT2D eigenvalue weighted by Crippen LogP contribution is 2.25. The maximum atomic E-state index is 12.4. The van der Waals surface area contributed by atoms with Crippen LogP contribution >= 0.6 is 0 Å². The van der Waals surface area contributed by atoms with E-state index in [1.54, 1.807) is 26.0 Å². The molecule has 3 aromatic rings. The summed E-state index contributed by atoms with van der Waals surface area (Å²) in [5, 5.41) is 7.04. The second kappa shape index (κ2) is 6.91. The molecule has 136 valence electrons. The predicted molar refractivity (Wildman–Crippen MR) is 95.4 cm³/mol. The van der Waals surface area contributed by atoms with Gasteiger partial charge >= 0.3 is 0 Å². The van der Waals surface area contributed by atoms with Crippen LogP contribution in [0.25, 0.3) is 11.3 Å². The summed E-state index contributed by atoms with van der Waals surface area (Å²) in [5.41, 5.74) is 6.55. The number of nitrogens with two attached hydrogens (primary N) is 1. The Morgan fingerprint density at radius 1 is 1.38 bits per heavy atom. The number of hydrogen-bond acceptors (Lipinski definition) is 6. The molecule has 0 aliphatic rings. The van der Waals surface area contributed by atoms with Gasteiger partial charge in [-0.1, -0.05) is 0 Å². The molecule has 0 aliphatic carbocycles. The molecule has 0 saturated carbocycles. The number of nitrogens with one attached hydrogen (secondary N) is 1. The maximum absolute atomic E-state index is 12.4. The summed E-state index contributed by atoms with van der Waals surface area (Å²) >= 11 is 0. The number of carbonyl (C=O) groups excluding carboxylic acids is 1. The Morgan fingerprint density at radius 2 is 2.15 bits per heavy atom. The third-order valence-electron chi connectivity index (χ3n) is 4.04. The molecule has 0 spiro atoms. The standard InChI is InChI=1S/C18H20N4O4/c1-10-7-14(12(3)26-10)16-8-15(19)18(24)22(21-16)11(2)17(23)20-9-13-5-4-6-25-13/h4-8,11H,9,19H2,1-3H3,(H,20,23)/t11-/m0/s1. The van der Waals surface area contributed by atoms with Crippen LogP contribution in [0.4, 0.5) is 5.69 Å². The molecule has 3 aromatic heterocycles. The van der Waals surface area contributed by atoms with E-state index >= 15 is 0 Å². The van der Waals surface area contributed by atoms with Crippen LogP contribution < -0.4 is 16.6 Å². The highest BCUT2D eigenvalue weighted by Gasteiger charge is 2.21. The van der Waals surface area contributed by atoms with Crippen LogP contribution in [0.1, 0.15) is 30.2 Å². The lowest BCUT2D eigenvalue weighted by atomic mass is 10.1. The monoisotopic (exact) mass is 356 g/mol. The molecule has 1 atom stereocenters. The first-order valence-electron chi connectivity index (χ1n) is 8.13. The van der Waals surface area contributed by atoms with E-state index in [0.29, 0.717) is 17.2 Å². The number of amides is 1. The smallest absolute Gasteiger partial charge is 0.290 e. The van der Waals surface area contributed by atoms with Gasteiger partial charge in [-0.3, -0.25) is 9.59 Å². The van der Waals surface area contributed by atoms with Gasteiger partial charge in [0, 0.05) is 5.56 Å². The lowest BCUT2D eigenvalue weighted by molar-refractivity contribution is -0.124. The fourth-order valence-corrected chi connectivity index (χ4v) is 2.66. The number of furan rings is 2. The van der Waals surface area contributed by atoms with Gasteiger partial charge in [-0.25, -0.2) is 4.68 Å². The molecule has 3 rings (SSSR count). The van der Waals surface area contributed by atoms with Crippen molar-refractivity contribution in [2.24, 2.45) is 0 Å². The van der Waals surface area contributed by atoms with E-state index in [4.69, 9.17) is 14.6 Å². The number of nitrogen functional groups attached to an aromatic ring is 1. The van der Waals surface area contributed by atoms with Crippen molar-refractivity contribution >= 4 is 11.6 Å². The van der Waals surface area contributed by atoms with Crippen molar-refractivity contribution in [3.63, 3.8) is 0 Å². The molecule has 26 heavy (non-hydrogen) atoms. The number of aryl methyl sites for hydroxylation is 2. The zero-order valence-electron chi connectivity index (χ0n) is 14.8. The second-order valence-electron chi connectivity index (χ2n) is 6.03. The van der Waals surface area contributed by atoms with Crippen molar-refractivity contribution in [2.75, 3.05) is 5.73 Å². The van der Waals surface area contributed by atoms with Gasteiger partial charge in [0.05, 0.1) is 18.5 Å². The molecule has 3 N–H and O–H groups in total. The number of aromatic nitrogens is 2. The predicted octanol–water partition coefficient (Wildman–Crippen LogP) is 2.17. The zero-order chi connectivity index (χ0) is 18.8. The molecule has 8 heteroatoms. The van der Waals surface area contributed by atoms with Crippen molar-refractivity contribution in [1.29, 1.82) is 0 Å². The molecule has 1 amide bonds. The Kier molecular flexibility index (Phi) is 4.66.